The zero-order valence-electron chi connectivity index (χ0n) is 12.6. The summed E-state index contributed by atoms with van der Waals surface area (Å²) in [7, 11) is 2.80. The maximum Gasteiger partial charge on any atom is 0.264 e. The first kappa shape index (κ1) is 17.8. The first-order chi connectivity index (χ1) is 9.59. The summed E-state index contributed by atoms with van der Waals surface area (Å²) in [6, 6.07) is 4.49. The molecule has 1 aromatic rings. The number of hydrogen-bond acceptors (Lipinski definition) is 4. The van der Waals surface area contributed by atoms with Crippen LogP contribution >= 0.6 is 10.7 Å². The van der Waals surface area contributed by atoms with Crippen molar-refractivity contribution in [2.75, 3.05) is 7.11 Å². The van der Waals surface area contributed by atoms with Crippen molar-refractivity contribution in [3.05, 3.63) is 23.8 Å². The molecule has 0 aromatic heterocycles. The molecule has 0 atom stereocenters. The van der Waals surface area contributed by atoms with E-state index in [-0.39, 0.29) is 28.5 Å². The number of halogens is 1. The summed E-state index contributed by atoms with van der Waals surface area (Å²) in [6.07, 6.45) is 0.871. The zero-order chi connectivity index (χ0) is 16.3. The lowest BCUT2D eigenvalue weighted by Crippen LogP contribution is -2.43. The van der Waals surface area contributed by atoms with Gasteiger partial charge in [0.2, 0.25) is 5.91 Å². The fourth-order valence-electron chi connectivity index (χ4n) is 1.72. The molecule has 7 heteroatoms. The molecule has 1 N–H and O–H groups in total. The van der Waals surface area contributed by atoms with Crippen LogP contribution in [0.3, 0.4) is 0 Å². The summed E-state index contributed by atoms with van der Waals surface area (Å²) in [4.78, 5) is 11.8. The molecule has 0 aliphatic heterocycles. The van der Waals surface area contributed by atoms with Gasteiger partial charge in [0.25, 0.3) is 9.05 Å². The molecule has 1 rings (SSSR count). The summed E-state index contributed by atoms with van der Waals surface area (Å²) in [5.74, 6) is -0.0204. The summed E-state index contributed by atoms with van der Waals surface area (Å²) in [6.45, 7) is 5.83. The van der Waals surface area contributed by atoms with Crippen LogP contribution in [0.2, 0.25) is 0 Å². The van der Waals surface area contributed by atoms with Crippen LogP contribution in [0.15, 0.2) is 23.1 Å². The van der Waals surface area contributed by atoms with Gasteiger partial charge in [-0.1, -0.05) is 13.0 Å². The highest BCUT2D eigenvalue weighted by atomic mass is 35.7. The number of hydrogen-bond donors (Lipinski definition) is 1. The third-order valence-electron chi connectivity index (χ3n) is 3.22. The largest absolute Gasteiger partial charge is 0.495 e. The summed E-state index contributed by atoms with van der Waals surface area (Å²) >= 11 is 0. The zero-order valence-corrected chi connectivity index (χ0v) is 14.1. The van der Waals surface area contributed by atoms with Gasteiger partial charge in [-0.15, -0.1) is 0 Å². The SMILES string of the molecule is CCC(C)(C)NC(=O)Cc1ccc(OC)c(S(=O)(=O)Cl)c1. The molecule has 21 heavy (non-hydrogen) atoms. The number of benzene rings is 1. The average Bonchev–Trinajstić information content (AvgIpc) is 2.37. The Morgan fingerprint density at radius 3 is 2.48 bits per heavy atom. The maximum absolute atomic E-state index is 12.0. The van der Waals surface area contributed by atoms with E-state index in [9.17, 15) is 13.2 Å². The first-order valence-electron chi connectivity index (χ1n) is 6.51. The van der Waals surface area contributed by atoms with Crippen LogP contribution < -0.4 is 10.1 Å². The fourth-order valence-corrected chi connectivity index (χ4v) is 2.76. The minimum atomic E-state index is -3.93. The molecule has 0 fully saturated rings. The summed E-state index contributed by atoms with van der Waals surface area (Å²) in [5, 5.41) is 2.89. The second-order valence-corrected chi connectivity index (χ2v) is 7.92. The van der Waals surface area contributed by atoms with Gasteiger partial charge in [-0.05, 0) is 38.0 Å². The van der Waals surface area contributed by atoms with Crippen LogP contribution in [-0.4, -0.2) is 27.0 Å². The average molecular weight is 334 g/mol. The van der Waals surface area contributed by atoms with Crippen LogP contribution in [0.4, 0.5) is 0 Å². The van der Waals surface area contributed by atoms with Gasteiger partial charge in [0.05, 0.1) is 13.5 Å². The van der Waals surface area contributed by atoms with Gasteiger partial charge >= 0.3 is 0 Å². The Morgan fingerprint density at radius 1 is 1.38 bits per heavy atom. The molecule has 0 bridgehead atoms. The molecule has 0 unspecified atom stereocenters. The van der Waals surface area contributed by atoms with Crippen LogP contribution in [0.1, 0.15) is 32.8 Å². The fraction of sp³-hybridized carbons (Fsp3) is 0.500. The van der Waals surface area contributed by atoms with Gasteiger partial charge < -0.3 is 10.1 Å². The third-order valence-corrected chi connectivity index (χ3v) is 4.56. The number of rotatable bonds is 6. The van der Waals surface area contributed by atoms with Crippen molar-refractivity contribution in [3.8, 4) is 5.75 Å². The van der Waals surface area contributed by atoms with E-state index in [1.165, 1.54) is 19.2 Å². The Labute approximate surface area is 130 Å². The Hall–Kier alpha value is -1.27. The number of ether oxygens (including phenoxy) is 1. The van der Waals surface area contributed by atoms with E-state index in [2.05, 4.69) is 5.32 Å². The van der Waals surface area contributed by atoms with Crippen molar-refractivity contribution in [1.82, 2.24) is 5.32 Å². The summed E-state index contributed by atoms with van der Waals surface area (Å²) < 4.78 is 28.0. The highest BCUT2D eigenvalue weighted by Gasteiger charge is 2.20. The molecule has 0 radical (unpaired) electrons. The molecule has 5 nitrogen and oxygen atoms in total. The molecule has 0 saturated heterocycles. The molecule has 1 amide bonds. The van der Waals surface area contributed by atoms with Crippen LogP contribution in [-0.2, 0) is 20.3 Å². The Kier molecular flexibility index (Phi) is 5.64. The van der Waals surface area contributed by atoms with Crippen LogP contribution in [0.5, 0.6) is 5.75 Å². The van der Waals surface area contributed by atoms with Crippen LogP contribution in [0, 0.1) is 0 Å². The van der Waals surface area contributed by atoms with E-state index in [4.69, 9.17) is 15.4 Å². The molecular formula is C14H20ClNO4S. The van der Waals surface area contributed by atoms with Gasteiger partial charge in [0.1, 0.15) is 10.6 Å². The maximum atomic E-state index is 12.0. The first-order valence-corrected chi connectivity index (χ1v) is 8.82. The Balaban J connectivity index is 2.99. The lowest BCUT2D eigenvalue weighted by molar-refractivity contribution is -0.122. The number of amides is 1. The van der Waals surface area contributed by atoms with E-state index >= 15 is 0 Å². The van der Waals surface area contributed by atoms with Crippen molar-refractivity contribution >= 4 is 25.6 Å². The molecule has 0 aliphatic carbocycles. The second kappa shape index (κ2) is 6.66. The second-order valence-electron chi connectivity index (χ2n) is 5.39. The van der Waals surface area contributed by atoms with Crippen molar-refractivity contribution in [2.45, 2.75) is 44.0 Å². The van der Waals surface area contributed by atoms with Crippen molar-refractivity contribution in [2.24, 2.45) is 0 Å². The quantitative estimate of drug-likeness (QED) is 0.812. The molecule has 1 aromatic carbocycles. The van der Waals surface area contributed by atoms with Crippen molar-refractivity contribution in [1.29, 1.82) is 0 Å². The molecular weight excluding hydrogens is 314 g/mol. The van der Waals surface area contributed by atoms with Crippen molar-refractivity contribution in [3.63, 3.8) is 0 Å². The van der Waals surface area contributed by atoms with Gasteiger partial charge in [0.15, 0.2) is 0 Å². The van der Waals surface area contributed by atoms with E-state index in [1.807, 2.05) is 20.8 Å². The standard InChI is InChI=1S/C14H20ClNO4S/c1-5-14(2,3)16-13(17)9-10-6-7-11(20-4)12(8-10)21(15,18)19/h6-8H,5,9H2,1-4H3,(H,16,17). The van der Waals surface area contributed by atoms with Gasteiger partial charge in [-0.3, -0.25) is 4.79 Å². The third kappa shape index (κ3) is 5.21. The van der Waals surface area contributed by atoms with Crippen LogP contribution in [0.25, 0.3) is 0 Å². The summed E-state index contributed by atoms with van der Waals surface area (Å²) in [5.41, 5.74) is 0.254. The monoisotopic (exact) mass is 333 g/mol. The minimum absolute atomic E-state index is 0.0762. The van der Waals surface area contributed by atoms with E-state index in [0.717, 1.165) is 6.42 Å². The Morgan fingerprint density at radius 2 is 2.00 bits per heavy atom. The van der Waals surface area contributed by atoms with Gasteiger partial charge in [-0.25, -0.2) is 8.42 Å². The lowest BCUT2D eigenvalue weighted by Gasteiger charge is -2.24. The molecule has 0 saturated carbocycles. The van der Waals surface area contributed by atoms with E-state index < -0.39 is 9.05 Å². The predicted octanol–water partition coefficient (Wildman–Crippen LogP) is 2.47. The van der Waals surface area contributed by atoms with E-state index in [0.29, 0.717) is 5.56 Å². The number of carbonyl (C=O) groups is 1. The van der Waals surface area contributed by atoms with Gasteiger partial charge in [0, 0.05) is 16.2 Å². The number of methoxy groups -OCH3 is 1. The number of carbonyl (C=O) groups excluding carboxylic acids is 1. The highest BCUT2D eigenvalue weighted by molar-refractivity contribution is 8.13. The molecule has 0 spiro atoms. The Bertz CT molecular complexity index is 626. The molecule has 118 valence electrons. The van der Waals surface area contributed by atoms with E-state index in [1.54, 1.807) is 6.07 Å². The smallest absolute Gasteiger partial charge is 0.264 e. The van der Waals surface area contributed by atoms with Crippen molar-refractivity contribution < 1.29 is 17.9 Å². The normalized spacial score (nSPS) is 12.0. The van der Waals surface area contributed by atoms with Gasteiger partial charge in [-0.2, -0.15) is 0 Å². The lowest BCUT2D eigenvalue weighted by atomic mass is 10.0. The molecule has 0 aliphatic rings. The molecule has 0 heterocycles. The predicted molar refractivity (Wildman–Crippen MR) is 82.2 cm³/mol. The highest BCUT2D eigenvalue weighted by Crippen LogP contribution is 2.28. The topological polar surface area (TPSA) is 72.5 Å². The minimum Gasteiger partial charge on any atom is -0.495 e. The number of nitrogens with one attached hydrogen (secondary N) is 1.